The fourth-order valence-corrected chi connectivity index (χ4v) is 1.80. The van der Waals surface area contributed by atoms with Gasteiger partial charge in [0.25, 0.3) is 11.6 Å². The number of hydrogen-bond acceptors (Lipinski definition) is 4. The molecule has 1 aliphatic carbocycles. The summed E-state index contributed by atoms with van der Waals surface area (Å²) in [4.78, 5) is 21.6. The molecule has 1 aromatic rings. The first kappa shape index (κ1) is 14.3. The second kappa shape index (κ2) is 5.12. The second-order valence-corrected chi connectivity index (χ2v) is 4.88. The Labute approximate surface area is 112 Å². The summed E-state index contributed by atoms with van der Waals surface area (Å²) >= 11 is 0. The summed E-state index contributed by atoms with van der Waals surface area (Å²) in [5.74, 6) is -3.58. The van der Waals surface area contributed by atoms with Gasteiger partial charge in [-0.25, -0.2) is 8.78 Å². The number of nitrogens with one attached hydrogen (secondary N) is 1. The maximum absolute atomic E-state index is 13.1. The maximum atomic E-state index is 13.1. The molecule has 1 fully saturated rings. The van der Waals surface area contributed by atoms with Crippen molar-refractivity contribution in [3.05, 3.63) is 39.4 Å². The second-order valence-electron chi connectivity index (χ2n) is 4.88. The molecular weight excluding hydrogens is 274 g/mol. The van der Waals surface area contributed by atoms with E-state index < -0.39 is 33.7 Å². The molecule has 1 aliphatic rings. The molecule has 0 aromatic heterocycles. The van der Waals surface area contributed by atoms with Gasteiger partial charge in [0.2, 0.25) is 0 Å². The number of nitrogens with zero attached hydrogens (tertiary/aromatic N) is 1. The van der Waals surface area contributed by atoms with Crippen molar-refractivity contribution >= 4 is 11.6 Å². The lowest BCUT2D eigenvalue weighted by molar-refractivity contribution is -0.385. The summed E-state index contributed by atoms with van der Waals surface area (Å²) in [5, 5.41) is 22.3. The zero-order valence-corrected chi connectivity index (χ0v) is 10.4. The van der Waals surface area contributed by atoms with Gasteiger partial charge in [-0.3, -0.25) is 14.9 Å². The topological polar surface area (TPSA) is 92.5 Å². The predicted octanol–water partition coefficient (Wildman–Crippen LogP) is 1.38. The van der Waals surface area contributed by atoms with E-state index in [0.29, 0.717) is 12.1 Å². The first-order valence-electron chi connectivity index (χ1n) is 5.91. The van der Waals surface area contributed by atoms with E-state index in [1.54, 1.807) is 0 Å². The van der Waals surface area contributed by atoms with Gasteiger partial charge in [0.15, 0.2) is 11.6 Å². The molecule has 20 heavy (non-hydrogen) atoms. The van der Waals surface area contributed by atoms with E-state index in [2.05, 4.69) is 5.32 Å². The first-order valence-corrected chi connectivity index (χ1v) is 5.91. The van der Waals surface area contributed by atoms with Crippen LogP contribution in [0.25, 0.3) is 0 Å². The van der Waals surface area contributed by atoms with E-state index in [-0.39, 0.29) is 18.6 Å². The van der Waals surface area contributed by atoms with Crippen molar-refractivity contribution in [2.75, 3.05) is 13.2 Å². The van der Waals surface area contributed by atoms with Crippen LogP contribution >= 0.6 is 0 Å². The van der Waals surface area contributed by atoms with E-state index in [1.165, 1.54) is 0 Å². The van der Waals surface area contributed by atoms with Gasteiger partial charge >= 0.3 is 0 Å². The summed E-state index contributed by atoms with van der Waals surface area (Å²) in [5.41, 5.74) is -1.72. The van der Waals surface area contributed by atoms with E-state index in [4.69, 9.17) is 5.11 Å². The summed E-state index contributed by atoms with van der Waals surface area (Å²) in [6.07, 6.45) is 1.48. The molecular formula is C12H12F2N2O4. The minimum Gasteiger partial charge on any atom is -0.396 e. The highest BCUT2D eigenvalue weighted by atomic mass is 19.2. The van der Waals surface area contributed by atoms with Crippen molar-refractivity contribution in [2.24, 2.45) is 5.41 Å². The molecule has 0 atom stereocenters. The monoisotopic (exact) mass is 286 g/mol. The average molecular weight is 286 g/mol. The molecule has 0 unspecified atom stereocenters. The molecule has 2 rings (SSSR count). The Balaban J connectivity index is 2.20. The highest BCUT2D eigenvalue weighted by Gasteiger charge is 2.42. The molecule has 0 heterocycles. The van der Waals surface area contributed by atoms with Gasteiger partial charge < -0.3 is 10.4 Å². The number of carbonyl (C=O) groups is 1. The number of halogens is 2. The van der Waals surface area contributed by atoms with Crippen LogP contribution in [0.5, 0.6) is 0 Å². The smallest absolute Gasteiger partial charge is 0.285 e. The van der Waals surface area contributed by atoms with Gasteiger partial charge in [-0.15, -0.1) is 0 Å². The maximum Gasteiger partial charge on any atom is 0.285 e. The number of hydrogen-bond donors (Lipinski definition) is 2. The summed E-state index contributed by atoms with van der Waals surface area (Å²) in [6.45, 7) is 0.0334. The standard InChI is InChI=1S/C12H12F2N2O4/c13-8-3-7(10(16(19)20)4-9(8)14)11(18)15-5-12(6-17)1-2-12/h3-4,17H,1-2,5-6H2,(H,15,18). The van der Waals surface area contributed by atoms with Gasteiger partial charge in [0, 0.05) is 12.0 Å². The molecule has 0 radical (unpaired) electrons. The van der Waals surface area contributed by atoms with E-state index in [9.17, 15) is 23.7 Å². The zero-order chi connectivity index (χ0) is 14.9. The van der Waals surface area contributed by atoms with Crippen molar-refractivity contribution < 1.29 is 23.6 Å². The van der Waals surface area contributed by atoms with Crippen molar-refractivity contribution in [1.82, 2.24) is 5.32 Å². The number of rotatable bonds is 5. The van der Waals surface area contributed by atoms with Crippen LogP contribution in [0.3, 0.4) is 0 Å². The Kier molecular flexibility index (Phi) is 3.67. The molecule has 2 N–H and O–H groups in total. The van der Waals surface area contributed by atoms with Crippen LogP contribution in [-0.2, 0) is 0 Å². The summed E-state index contributed by atoms with van der Waals surface area (Å²) < 4.78 is 26.1. The quantitative estimate of drug-likeness (QED) is 0.631. The average Bonchev–Trinajstić information content (AvgIpc) is 3.19. The number of nitro benzene ring substituents is 1. The lowest BCUT2D eigenvalue weighted by atomic mass is 10.1. The molecule has 1 saturated carbocycles. The van der Waals surface area contributed by atoms with E-state index in [1.807, 2.05) is 0 Å². The van der Waals surface area contributed by atoms with Gasteiger partial charge in [0.1, 0.15) is 5.56 Å². The van der Waals surface area contributed by atoms with Crippen molar-refractivity contribution in [3.8, 4) is 0 Å². The summed E-state index contributed by atoms with van der Waals surface area (Å²) in [6, 6.07) is 0.879. The number of carbonyl (C=O) groups excluding carboxylic acids is 1. The number of aliphatic hydroxyl groups is 1. The van der Waals surface area contributed by atoms with Crippen LogP contribution < -0.4 is 5.32 Å². The van der Waals surface area contributed by atoms with Crippen molar-refractivity contribution in [2.45, 2.75) is 12.8 Å². The van der Waals surface area contributed by atoms with Crippen LogP contribution in [0.15, 0.2) is 12.1 Å². The number of amides is 1. The SMILES string of the molecule is O=C(NCC1(CO)CC1)c1cc(F)c(F)cc1[N+](=O)[O-]. The molecule has 0 aliphatic heterocycles. The van der Waals surface area contributed by atoms with Gasteiger partial charge in [-0.05, 0) is 18.9 Å². The Morgan fingerprint density at radius 3 is 2.50 bits per heavy atom. The summed E-state index contributed by atoms with van der Waals surface area (Å²) in [7, 11) is 0. The molecule has 108 valence electrons. The largest absolute Gasteiger partial charge is 0.396 e. The third-order valence-electron chi connectivity index (χ3n) is 3.40. The van der Waals surface area contributed by atoms with E-state index >= 15 is 0 Å². The number of aliphatic hydroxyl groups excluding tert-OH is 1. The first-order chi connectivity index (χ1) is 9.38. The minimum absolute atomic E-state index is 0.104. The molecule has 0 spiro atoms. The molecule has 1 aromatic carbocycles. The van der Waals surface area contributed by atoms with Crippen molar-refractivity contribution in [1.29, 1.82) is 0 Å². The number of benzene rings is 1. The highest BCUT2D eigenvalue weighted by Crippen LogP contribution is 2.44. The van der Waals surface area contributed by atoms with Crippen LogP contribution in [0.1, 0.15) is 23.2 Å². The third kappa shape index (κ3) is 2.74. The predicted molar refractivity (Wildman–Crippen MR) is 64.1 cm³/mol. The fraction of sp³-hybridized carbons (Fsp3) is 0.417. The van der Waals surface area contributed by atoms with E-state index in [0.717, 1.165) is 12.8 Å². The third-order valence-corrected chi connectivity index (χ3v) is 3.40. The molecule has 6 nitrogen and oxygen atoms in total. The normalized spacial score (nSPS) is 15.8. The fourth-order valence-electron chi connectivity index (χ4n) is 1.80. The van der Waals surface area contributed by atoms with Crippen LogP contribution in [-0.4, -0.2) is 29.1 Å². The Hall–Kier alpha value is -2.09. The Bertz CT molecular complexity index is 573. The minimum atomic E-state index is -1.39. The van der Waals surface area contributed by atoms with Crippen LogP contribution in [0.2, 0.25) is 0 Å². The highest BCUT2D eigenvalue weighted by molar-refractivity contribution is 5.98. The van der Waals surface area contributed by atoms with Gasteiger partial charge in [-0.1, -0.05) is 0 Å². The van der Waals surface area contributed by atoms with Gasteiger partial charge in [-0.2, -0.15) is 0 Å². The molecule has 8 heteroatoms. The molecule has 0 saturated heterocycles. The Morgan fingerprint density at radius 1 is 1.40 bits per heavy atom. The van der Waals surface area contributed by atoms with Crippen molar-refractivity contribution in [3.63, 3.8) is 0 Å². The molecule has 1 amide bonds. The zero-order valence-electron chi connectivity index (χ0n) is 10.4. The van der Waals surface area contributed by atoms with Crippen LogP contribution in [0.4, 0.5) is 14.5 Å². The van der Waals surface area contributed by atoms with Gasteiger partial charge in [0.05, 0.1) is 17.6 Å². The Morgan fingerprint density at radius 2 is 2.00 bits per heavy atom. The lowest BCUT2D eigenvalue weighted by Crippen LogP contribution is -2.32. The van der Waals surface area contributed by atoms with Crippen LogP contribution in [0, 0.1) is 27.2 Å². The number of nitro groups is 1. The lowest BCUT2D eigenvalue weighted by Gasteiger charge is -2.12. The molecule has 0 bridgehead atoms.